The third-order valence-electron chi connectivity index (χ3n) is 1.84. The molecule has 13 heavy (non-hydrogen) atoms. The molecule has 0 unspecified atom stereocenters. The molecule has 1 nitrogen and oxygen atoms in total. The van der Waals surface area contributed by atoms with Gasteiger partial charge in [0.1, 0.15) is 0 Å². The molecule has 0 spiro atoms. The van der Waals surface area contributed by atoms with Crippen LogP contribution in [0.3, 0.4) is 0 Å². The van der Waals surface area contributed by atoms with E-state index < -0.39 is 0 Å². The maximum Gasteiger partial charge on any atom is 0.0590 e. The van der Waals surface area contributed by atoms with Gasteiger partial charge in [-0.15, -0.1) is 11.3 Å². The minimum Gasteiger partial charge on any atom is -0.319 e. The number of hydrogen-bond acceptors (Lipinski definition) is 2. The molecule has 0 bridgehead atoms. The summed E-state index contributed by atoms with van der Waals surface area (Å²) in [6, 6.07) is 2.10. The van der Waals surface area contributed by atoms with E-state index in [0.29, 0.717) is 0 Å². The van der Waals surface area contributed by atoms with Crippen molar-refractivity contribution in [2.45, 2.75) is 20.8 Å². The van der Waals surface area contributed by atoms with Gasteiger partial charge in [-0.2, -0.15) is 0 Å². The minimum absolute atomic E-state index is 1.01. The summed E-state index contributed by atoms with van der Waals surface area (Å²) >= 11 is 1.74. The van der Waals surface area contributed by atoms with Crippen molar-refractivity contribution in [3.63, 3.8) is 0 Å². The van der Waals surface area contributed by atoms with Crippen molar-refractivity contribution in [2.75, 3.05) is 4.90 Å². The fourth-order valence-electron chi connectivity index (χ4n) is 1.35. The Hall–Kier alpha value is -1.02. The van der Waals surface area contributed by atoms with Crippen molar-refractivity contribution in [2.24, 2.45) is 0 Å². The van der Waals surface area contributed by atoms with Gasteiger partial charge in [0.15, 0.2) is 0 Å². The van der Waals surface area contributed by atoms with Gasteiger partial charge < -0.3 is 4.90 Å². The third kappa shape index (κ3) is 2.01. The lowest BCUT2D eigenvalue weighted by molar-refractivity contribution is 1.07. The van der Waals surface area contributed by atoms with Crippen molar-refractivity contribution in [1.29, 1.82) is 0 Å². The molecule has 0 radical (unpaired) electrons. The van der Waals surface area contributed by atoms with Crippen LogP contribution in [0.4, 0.5) is 5.69 Å². The van der Waals surface area contributed by atoms with E-state index in [1.165, 1.54) is 10.6 Å². The molecule has 0 aliphatic rings. The van der Waals surface area contributed by atoms with E-state index in [1.54, 1.807) is 11.3 Å². The van der Waals surface area contributed by atoms with Crippen molar-refractivity contribution in [1.82, 2.24) is 0 Å². The van der Waals surface area contributed by atoms with Crippen LogP contribution in [-0.2, 0) is 0 Å². The van der Waals surface area contributed by atoms with Crippen LogP contribution in [0, 0.1) is 6.92 Å². The van der Waals surface area contributed by atoms with Gasteiger partial charge in [-0.25, -0.2) is 0 Å². The fourth-order valence-corrected chi connectivity index (χ4v) is 2.03. The van der Waals surface area contributed by atoms with Crippen LogP contribution >= 0.6 is 11.3 Å². The second-order valence-electron chi connectivity index (χ2n) is 3.17. The SMILES string of the molecule is C=C(C)N(C(=C)C)c1ccsc1C. The second-order valence-corrected chi connectivity index (χ2v) is 4.29. The van der Waals surface area contributed by atoms with E-state index >= 15 is 0 Å². The van der Waals surface area contributed by atoms with E-state index in [4.69, 9.17) is 0 Å². The maximum absolute atomic E-state index is 3.94. The van der Waals surface area contributed by atoms with Crippen LogP contribution in [0.5, 0.6) is 0 Å². The highest BCUT2D eigenvalue weighted by Gasteiger charge is 2.10. The lowest BCUT2D eigenvalue weighted by atomic mass is 10.3. The van der Waals surface area contributed by atoms with Crippen LogP contribution in [0.2, 0.25) is 0 Å². The van der Waals surface area contributed by atoms with E-state index in [0.717, 1.165) is 11.4 Å². The van der Waals surface area contributed by atoms with Crippen molar-refractivity contribution in [3.05, 3.63) is 40.9 Å². The molecular formula is C11H15NS. The van der Waals surface area contributed by atoms with E-state index in [2.05, 4.69) is 36.4 Å². The molecule has 1 rings (SSSR count). The van der Waals surface area contributed by atoms with Crippen molar-refractivity contribution < 1.29 is 0 Å². The summed E-state index contributed by atoms with van der Waals surface area (Å²) in [5.74, 6) is 0. The molecule has 0 aliphatic heterocycles. The zero-order valence-corrected chi connectivity index (χ0v) is 9.24. The lowest BCUT2D eigenvalue weighted by Gasteiger charge is -2.24. The van der Waals surface area contributed by atoms with Crippen LogP contribution in [0.1, 0.15) is 18.7 Å². The summed E-state index contributed by atoms with van der Waals surface area (Å²) in [7, 11) is 0. The van der Waals surface area contributed by atoms with E-state index in [1.807, 2.05) is 13.8 Å². The number of rotatable bonds is 3. The molecule has 70 valence electrons. The Morgan fingerprint density at radius 1 is 1.31 bits per heavy atom. The Kier molecular flexibility index (Phi) is 2.94. The normalized spacial score (nSPS) is 9.77. The Labute approximate surface area is 84.0 Å². The van der Waals surface area contributed by atoms with Crippen LogP contribution in [0.15, 0.2) is 36.0 Å². The first kappa shape index (κ1) is 10.1. The van der Waals surface area contributed by atoms with Crippen LogP contribution in [-0.4, -0.2) is 0 Å². The van der Waals surface area contributed by atoms with Gasteiger partial charge >= 0.3 is 0 Å². The Morgan fingerprint density at radius 3 is 2.15 bits per heavy atom. The molecule has 0 atom stereocenters. The third-order valence-corrected chi connectivity index (χ3v) is 2.67. The summed E-state index contributed by atoms with van der Waals surface area (Å²) in [5.41, 5.74) is 3.22. The van der Waals surface area contributed by atoms with Gasteiger partial charge in [-0.3, -0.25) is 0 Å². The highest BCUT2D eigenvalue weighted by Crippen LogP contribution is 2.29. The molecule has 0 fully saturated rings. The number of hydrogen-bond donors (Lipinski definition) is 0. The average Bonchev–Trinajstić information content (AvgIpc) is 2.35. The standard InChI is InChI=1S/C11H15NS/c1-8(2)12(9(3)4)11-6-7-13-10(11)5/h6-7H,1,3H2,2,4-5H3. The first-order valence-corrected chi connectivity index (χ1v) is 5.07. The molecule has 0 amide bonds. The second kappa shape index (κ2) is 3.79. The number of nitrogens with zero attached hydrogens (tertiary/aromatic N) is 1. The monoisotopic (exact) mass is 193 g/mol. The van der Waals surface area contributed by atoms with Gasteiger partial charge in [0.25, 0.3) is 0 Å². The molecule has 1 aromatic rings. The van der Waals surface area contributed by atoms with Gasteiger partial charge in [0.2, 0.25) is 0 Å². The molecule has 0 aliphatic carbocycles. The molecule has 0 N–H and O–H groups in total. The number of aryl methyl sites for hydroxylation is 1. The molecule has 2 heteroatoms. The van der Waals surface area contributed by atoms with Crippen LogP contribution in [0.25, 0.3) is 0 Å². The number of allylic oxidation sites excluding steroid dienone is 2. The maximum atomic E-state index is 3.94. The van der Waals surface area contributed by atoms with Gasteiger partial charge in [0.05, 0.1) is 5.69 Å². The van der Waals surface area contributed by atoms with E-state index in [-0.39, 0.29) is 0 Å². The van der Waals surface area contributed by atoms with Crippen LogP contribution < -0.4 is 4.90 Å². The molecular weight excluding hydrogens is 178 g/mol. The minimum atomic E-state index is 1.01. The Balaban J connectivity index is 3.09. The average molecular weight is 193 g/mol. The van der Waals surface area contributed by atoms with Gasteiger partial charge in [0, 0.05) is 16.3 Å². The highest BCUT2D eigenvalue weighted by molar-refractivity contribution is 7.10. The van der Waals surface area contributed by atoms with Crippen molar-refractivity contribution >= 4 is 17.0 Å². The lowest BCUT2D eigenvalue weighted by Crippen LogP contribution is -2.16. The smallest absolute Gasteiger partial charge is 0.0590 e. The van der Waals surface area contributed by atoms with Gasteiger partial charge in [-0.05, 0) is 32.2 Å². The summed E-state index contributed by atoms with van der Waals surface area (Å²) in [4.78, 5) is 3.37. The molecule has 0 aromatic carbocycles. The van der Waals surface area contributed by atoms with Gasteiger partial charge in [-0.1, -0.05) is 13.2 Å². The molecule has 0 saturated carbocycles. The largest absolute Gasteiger partial charge is 0.319 e. The fraction of sp³-hybridized carbons (Fsp3) is 0.273. The van der Waals surface area contributed by atoms with E-state index in [9.17, 15) is 0 Å². The first-order valence-electron chi connectivity index (χ1n) is 4.19. The van der Waals surface area contributed by atoms with Crippen molar-refractivity contribution in [3.8, 4) is 0 Å². The first-order chi connectivity index (χ1) is 6.04. The zero-order valence-electron chi connectivity index (χ0n) is 8.42. The summed E-state index contributed by atoms with van der Waals surface area (Å²) in [6.07, 6.45) is 0. The highest BCUT2D eigenvalue weighted by atomic mass is 32.1. The molecule has 1 heterocycles. The Bertz CT molecular complexity index is 322. The number of thiophene rings is 1. The topological polar surface area (TPSA) is 3.24 Å². The predicted octanol–water partition coefficient (Wildman–Crippen LogP) is 3.93. The summed E-state index contributed by atoms with van der Waals surface area (Å²) in [6.45, 7) is 14.0. The predicted molar refractivity (Wildman–Crippen MR) is 61.2 cm³/mol. The Morgan fingerprint density at radius 2 is 1.85 bits per heavy atom. The molecule has 0 saturated heterocycles. The summed E-state index contributed by atoms with van der Waals surface area (Å²) in [5, 5.41) is 2.09. The quantitative estimate of drug-likeness (QED) is 0.703. The zero-order chi connectivity index (χ0) is 10.0. The molecule has 1 aromatic heterocycles. The number of anilines is 1. The summed E-state index contributed by atoms with van der Waals surface area (Å²) < 4.78 is 0.